The molecule has 6 rings (SSSR count). The number of carbonyl (C=O) groups is 2. The van der Waals surface area contributed by atoms with Gasteiger partial charge in [-0.05, 0) is 59.7 Å². The van der Waals surface area contributed by atoms with Crippen molar-refractivity contribution in [2.75, 3.05) is 0 Å². The molecule has 1 amide bonds. The second-order valence-corrected chi connectivity index (χ2v) is 9.58. The molecule has 0 spiro atoms. The number of aliphatic hydroxyl groups is 1. The molecule has 2 aromatic heterocycles. The van der Waals surface area contributed by atoms with Gasteiger partial charge in [-0.2, -0.15) is 0 Å². The fourth-order valence-corrected chi connectivity index (χ4v) is 4.89. The smallest absolute Gasteiger partial charge is 0.290 e. The summed E-state index contributed by atoms with van der Waals surface area (Å²) in [5.41, 5.74) is 2.04. The van der Waals surface area contributed by atoms with E-state index in [2.05, 4.69) is 0 Å². The number of Topliss-reactive ketones (excluding diaryl/α,β-unsaturated/α-hetero) is 1. The molecule has 0 aliphatic carbocycles. The van der Waals surface area contributed by atoms with E-state index in [9.17, 15) is 14.7 Å². The molecule has 1 aliphatic rings. The minimum atomic E-state index is -0.880. The number of ether oxygens (including phenoxy) is 1. The van der Waals surface area contributed by atoms with E-state index in [1.807, 2.05) is 30.3 Å². The standard InChI is InChI=1S/C31H22ClNO6/c32-22-10-13-25-21(15-22)16-26(39-25)29(34)27-28(33(31(36)30(27)35)17-24-7-4-14-37-24)20-8-11-23(12-9-20)38-18-19-5-2-1-3-6-19/h1-16,28,35H,17-18H2. The number of nitrogens with zero attached hydrogens (tertiary/aromatic N) is 1. The van der Waals surface area contributed by atoms with Crippen molar-refractivity contribution in [3.05, 3.63) is 136 Å². The molecule has 39 heavy (non-hydrogen) atoms. The Kier molecular flexibility index (Phi) is 6.42. The Bertz CT molecular complexity index is 1690. The first-order chi connectivity index (χ1) is 19.0. The molecule has 3 aromatic carbocycles. The maximum atomic E-state index is 13.7. The van der Waals surface area contributed by atoms with E-state index >= 15 is 0 Å². The van der Waals surface area contributed by atoms with E-state index < -0.39 is 23.5 Å². The summed E-state index contributed by atoms with van der Waals surface area (Å²) in [5, 5.41) is 12.1. The van der Waals surface area contributed by atoms with Crippen LogP contribution < -0.4 is 4.74 Å². The van der Waals surface area contributed by atoms with Gasteiger partial charge in [0.05, 0.1) is 24.4 Å². The second kappa shape index (κ2) is 10.2. The Morgan fingerprint density at radius 3 is 2.51 bits per heavy atom. The number of fused-ring (bicyclic) bond motifs is 1. The van der Waals surface area contributed by atoms with Crippen LogP contribution in [0.4, 0.5) is 0 Å². The predicted molar refractivity (Wildman–Crippen MR) is 144 cm³/mol. The Balaban J connectivity index is 1.34. The van der Waals surface area contributed by atoms with Crippen molar-refractivity contribution in [2.45, 2.75) is 19.2 Å². The molecule has 1 aliphatic heterocycles. The van der Waals surface area contributed by atoms with Crippen molar-refractivity contribution in [3.63, 3.8) is 0 Å². The van der Waals surface area contributed by atoms with Gasteiger partial charge in [-0.25, -0.2) is 0 Å². The first-order valence-electron chi connectivity index (χ1n) is 12.2. The molecule has 7 nitrogen and oxygen atoms in total. The van der Waals surface area contributed by atoms with Crippen LogP contribution in [-0.4, -0.2) is 21.7 Å². The zero-order valence-corrected chi connectivity index (χ0v) is 21.3. The fourth-order valence-electron chi connectivity index (χ4n) is 4.71. The van der Waals surface area contributed by atoms with E-state index in [4.69, 9.17) is 25.2 Å². The van der Waals surface area contributed by atoms with Crippen LogP contribution in [0.5, 0.6) is 5.75 Å². The second-order valence-electron chi connectivity index (χ2n) is 9.14. The van der Waals surface area contributed by atoms with Crippen LogP contribution >= 0.6 is 11.6 Å². The largest absolute Gasteiger partial charge is 0.503 e. The van der Waals surface area contributed by atoms with E-state index in [1.165, 1.54) is 11.2 Å². The highest BCUT2D eigenvalue weighted by Crippen LogP contribution is 2.41. The van der Waals surface area contributed by atoms with Gasteiger partial charge in [0.15, 0.2) is 11.5 Å². The maximum absolute atomic E-state index is 13.7. The summed E-state index contributed by atoms with van der Waals surface area (Å²) in [5.74, 6) is -0.766. The first kappa shape index (κ1) is 24.6. The minimum Gasteiger partial charge on any atom is -0.503 e. The third-order valence-electron chi connectivity index (χ3n) is 6.60. The third kappa shape index (κ3) is 4.80. The summed E-state index contributed by atoms with van der Waals surface area (Å²) < 4.78 is 17.1. The average molecular weight is 540 g/mol. The molecule has 0 fully saturated rings. The topological polar surface area (TPSA) is 93.1 Å². The lowest BCUT2D eigenvalue weighted by Crippen LogP contribution is -2.30. The van der Waals surface area contributed by atoms with Crippen molar-refractivity contribution in [1.29, 1.82) is 0 Å². The molecule has 0 radical (unpaired) electrons. The number of hydrogen-bond donors (Lipinski definition) is 1. The molecule has 0 bridgehead atoms. The van der Waals surface area contributed by atoms with Crippen LogP contribution in [0.2, 0.25) is 5.02 Å². The summed E-state index contributed by atoms with van der Waals surface area (Å²) in [7, 11) is 0. The van der Waals surface area contributed by atoms with Crippen molar-refractivity contribution in [1.82, 2.24) is 4.90 Å². The monoisotopic (exact) mass is 539 g/mol. The number of furan rings is 2. The molecule has 1 N–H and O–H groups in total. The van der Waals surface area contributed by atoms with E-state index in [0.29, 0.717) is 39.7 Å². The summed E-state index contributed by atoms with van der Waals surface area (Å²) in [6.07, 6.45) is 1.50. The number of carbonyl (C=O) groups excluding carboxylic acids is 2. The molecule has 5 aromatic rings. The molecule has 194 valence electrons. The predicted octanol–water partition coefficient (Wildman–Crippen LogP) is 7.04. The van der Waals surface area contributed by atoms with Crippen LogP contribution in [0.1, 0.15) is 33.5 Å². The SMILES string of the molecule is O=C(C1=C(O)C(=O)N(Cc2ccco2)C1c1ccc(OCc2ccccc2)cc1)c1cc2cc(Cl)ccc2o1. The van der Waals surface area contributed by atoms with Crippen LogP contribution in [0.3, 0.4) is 0 Å². The number of amides is 1. The van der Waals surface area contributed by atoms with Crippen molar-refractivity contribution in [2.24, 2.45) is 0 Å². The van der Waals surface area contributed by atoms with Gasteiger partial charge in [0.1, 0.15) is 23.7 Å². The Morgan fingerprint density at radius 1 is 0.974 bits per heavy atom. The van der Waals surface area contributed by atoms with Gasteiger partial charge in [0.25, 0.3) is 5.91 Å². The molecule has 3 heterocycles. The third-order valence-corrected chi connectivity index (χ3v) is 6.84. The number of benzene rings is 3. The maximum Gasteiger partial charge on any atom is 0.290 e. The van der Waals surface area contributed by atoms with Crippen LogP contribution in [0, 0.1) is 0 Å². The highest BCUT2D eigenvalue weighted by Gasteiger charge is 2.44. The lowest BCUT2D eigenvalue weighted by atomic mass is 9.95. The fraction of sp³-hybridized carbons (Fsp3) is 0.0968. The van der Waals surface area contributed by atoms with Gasteiger partial charge < -0.3 is 23.6 Å². The number of aliphatic hydroxyl groups excluding tert-OH is 1. The number of halogens is 1. The van der Waals surface area contributed by atoms with Gasteiger partial charge in [-0.15, -0.1) is 0 Å². The number of ketones is 1. The zero-order chi connectivity index (χ0) is 26.9. The lowest BCUT2D eigenvalue weighted by Gasteiger charge is -2.26. The van der Waals surface area contributed by atoms with Crippen molar-refractivity contribution in [3.8, 4) is 5.75 Å². The van der Waals surface area contributed by atoms with E-state index in [-0.39, 0.29) is 17.9 Å². The van der Waals surface area contributed by atoms with Crippen LogP contribution in [0.25, 0.3) is 11.0 Å². The Morgan fingerprint density at radius 2 is 1.77 bits per heavy atom. The summed E-state index contributed by atoms with van der Waals surface area (Å²) >= 11 is 6.09. The molecule has 1 unspecified atom stereocenters. The van der Waals surface area contributed by atoms with Gasteiger partial charge in [0, 0.05) is 10.4 Å². The van der Waals surface area contributed by atoms with E-state index in [1.54, 1.807) is 60.7 Å². The van der Waals surface area contributed by atoms with Crippen LogP contribution in [0.15, 0.2) is 117 Å². The number of hydrogen-bond acceptors (Lipinski definition) is 6. The summed E-state index contributed by atoms with van der Waals surface area (Å²) in [6, 6.07) is 26.0. The highest BCUT2D eigenvalue weighted by molar-refractivity contribution is 6.31. The number of rotatable bonds is 8. The molecule has 0 saturated heterocycles. The molecule has 0 saturated carbocycles. The average Bonchev–Trinajstić information content (AvgIpc) is 3.68. The normalized spacial score (nSPS) is 15.4. The van der Waals surface area contributed by atoms with Gasteiger partial charge >= 0.3 is 0 Å². The Hall–Kier alpha value is -4.75. The first-order valence-corrected chi connectivity index (χ1v) is 12.6. The lowest BCUT2D eigenvalue weighted by molar-refractivity contribution is -0.130. The Labute approximate surface area is 228 Å². The van der Waals surface area contributed by atoms with Crippen LogP contribution in [-0.2, 0) is 17.9 Å². The molecule has 1 atom stereocenters. The quantitative estimate of drug-likeness (QED) is 0.213. The van der Waals surface area contributed by atoms with Gasteiger partial charge in [-0.1, -0.05) is 54.1 Å². The zero-order valence-electron chi connectivity index (χ0n) is 20.5. The minimum absolute atomic E-state index is 0.00530. The van der Waals surface area contributed by atoms with Gasteiger partial charge in [-0.3, -0.25) is 9.59 Å². The van der Waals surface area contributed by atoms with Crippen molar-refractivity contribution < 1.29 is 28.3 Å². The summed E-state index contributed by atoms with van der Waals surface area (Å²) in [4.78, 5) is 28.4. The van der Waals surface area contributed by atoms with Gasteiger partial charge in [0.2, 0.25) is 5.78 Å². The summed E-state index contributed by atoms with van der Waals surface area (Å²) in [6.45, 7) is 0.451. The molecule has 8 heteroatoms. The highest BCUT2D eigenvalue weighted by atomic mass is 35.5. The van der Waals surface area contributed by atoms with Crippen molar-refractivity contribution >= 4 is 34.3 Å². The molecular formula is C31H22ClNO6. The van der Waals surface area contributed by atoms with E-state index in [0.717, 1.165) is 5.56 Å². The molecular weight excluding hydrogens is 518 g/mol.